The summed E-state index contributed by atoms with van der Waals surface area (Å²) in [6.45, 7) is 0.381. The highest BCUT2D eigenvalue weighted by Gasteiger charge is 2.22. The van der Waals surface area contributed by atoms with Crippen molar-refractivity contribution in [1.82, 2.24) is 0 Å². The van der Waals surface area contributed by atoms with Gasteiger partial charge in [-0.05, 0) is 48.2 Å². The van der Waals surface area contributed by atoms with Crippen molar-refractivity contribution in [2.75, 3.05) is 18.1 Å². The normalized spacial score (nSPS) is 13.6. The Morgan fingerprint density at radius 1 is 1.12 bits per heavy atom. The molecule has 5 heteroatoms. The number of fused-ring (bicyclic) bond motifs is 1. The molecule has 2 aromatic carbocycles. The van der Waals surface area contributed by atoms with Crippen LogP contribution in [0.2, 0.25) is 5.02 Å². The summed E-state index contributed by atoms with van der Waals surface area (Å²) in [6, 6.07) is 14.9. The van der Waals surface area contributed by atoms with Crippen LogP contribution in [0.5, 0.6) is 0 Å². The average molecular weight is 356 g/mol. The van der Waals surface area contributed by atoms with Gasteiger partial charge in [0.05, 0.1) is 0 Å². The molecule has 3 rings (SSSR count). The standard InChI is InChI=1S/C20H18ClNO3/c21-17-10-7-15(8-11-17)9-12-20(24)25-14-19(23)22-13-3-5-16-4-1-2-6-18(16)22/h1-2,4,6-12H,3,5,13-14H2/b12-9+. The number of esters is 1. The van der Waals surface area contributed by atoms with Crippen molar-refractivity contribution in [1.29, 1.82) is 0 Å². The first-order valence-electron chi connectivity index (χ1n) is 8.12. The lowest BCUT2D eigenvalue weighted by atomic mass is 10.0. The maximum Gasteiger partial charge on any atom is 0.331 e. The molecule has 0 saturated heterocycles. The number of hydrogen-bond donors (Lipinski definition) is 0. The summed E-state index contributed by atoms with van der Waals surface area (Å²) in [6.07, 6.45) is 4.80. The summed E-state index contributed by atoms with van der Waals surface area (Å²) < 4.78 is 5.07. The Balaban J connectivity index is 1.56. The second-order valence-electron chi connectivity index (χ2n) is 5.77. The van der Waals surface area contributed by atoms with Crippen molar-refractivity contribution in [3.05, 3.63) is 70.8 Å². The minimum Gasteiger partial charge on any atom is -0.452 e. The molecule has 1 heterocycles. The molecule has 128 valence electrons. The van der Waals surface area contributed by atoms with E-state index in [1.807, 2.05) is 24.3 Å². The Morgan fingerprint density at radius 2 is 1.88 bits per heavy atom. The van der Waals surface area contributed by atoms with E-state index in [0.29, 0.717) is 11.6 Å². The van der Waals surface area contributed by atoms with Crippen LogP contribution in [0.3, 0.4) is 0 Å². The second kappa shape index (κ2) is 7.99. The smallest absolute Gasteiger partial charge is 0.331 e. The molecule has 0 N–H and O–H groups in total. The lowest BCUT2D eigenvalue weighted by Gasteiger charge is -2.29. The molecule has 0 fully saturated rings. The monoisotopic (exact) mass is 355 g/mol. The van der Waals surface area contributed by atoms with Crippen LogP contribution < -0.4 is 4.90 Å². The number of amides is 1. The summed E-state index contributed by atoms with van der Waals surface area (Å²) in [5.74, 6) is -0.756. The van der Waals surface area contributed by atoms with Crippen LogP contribution >= 0.6 is 11.6 Å². The maximum atomic E-state index is 12.4. The van der Waals surface area contributed by atoms with Crippen LogP contribution in [0.25, 0.3) is 6.08 Å². The topological polar surface area (TPSA) is 46.6 Å². The van der Waals surface area contributed by atoms with Gasteiger partial charge >= 0.3 is 5.97 Å². The van der Waals surface area contributed by atoms with Crippen molar-refractivity contribution in [2.24, 2.45) is 0 Å². The van der Waals surface area contributed by atoms with Crippen LogP contribution in [0.1, 0.15) is 17.5 Å². The number of anilines is 1. The van der Waals surface area contributed by atoms with Crippen LogP contribution in [-0.4, -0.2) is 25.0 Å². The number of halogens is 1. The fourth-order valence-electron chi connectivity index (χ4n) is 2.79. The Labute approximate surface area is 151 Å². The molecule has 0 atom stereocenters. The van der Waals surface area contributed by atoms with E-state index < -0.39 is 5.97 Å². The van der Waals surface area contributed by atoms with Crippen molar-refractivity contribution in [2.45, 2.75) is 12.8 Å². The number of hydrogen-bond acceptors (Lipinski definition) is 3. The SMILES string of the molecule is O=C(/C=C/c1ccc(Cl)cc1)OCC(=O)N1CCCc2ccccc21. The number of aryl methyl sites for hydroxylation is 1. The fourth-order valence-corrected chi connectivity index (χ4v) is 2.92. The fraction of sp³-hybridized carbons (Fsp3) is 0.200. The van der Waals surface area contributed by atoms with E-state index in [4.69, 9.17) is 16.3 Å². The van der Waals surface area contributed by atoms with E-state index in [1.54, 1.807) is 35.2 Å². The van der Waals surface area contributed by atoms with E-state index in [2.05, 4.69) is 0 Å². The lowest BCUT2D eigenvalue weighted by Crippen LogP contribution is -2.38. The highest BCUT2D eigenvalue weighted by molar-refractivity contribution is 6.30. The van der Waals surface area contributed by atoms with Crippen molar-refractivity contribution in [3.8, 4) is 0 Å². The van der Waals surface area contributed by atoms with Gasteiger partial charge in [0.25, 0.3) is 5.91 Å². The van der Waals surface area contributed by atoms with Gasteiger partial charge in [-0.15, -0.1) is 0 Å². The van der Waals surface area contributed by atoms with Crippen LogP contribution in [0.4, 0.5) is 5.69 Å². The van der Waals surface area contributed by atoms with Crippen molar-refractivity contribution < 1.29 is 14.3 Å². The molecule has 0 saturated carbocycles. The van der Waals surface area contributed by atoms with Gasteiger partial charge < -0.3 is 9.64 Å². The zero-order valence-corrected chi connectivity index (χ0v) is 14.4. The molecule has 2 aromatic rings. The molecule has 0 aromatic heterocycles. The van der Waals surface area contributed by atoms with Gasteiger partial charge in [0.15, 0.2) is 6.61 Å². The van der Waals surface area contributed by atoms with Gasteiger partial charge in [0.1, 0.15) is 0 Å². The molecule has 1 aliphatic heterocycles. The van der Waals surface area contributed by atoms with Gasteiger partial charge in [-0.1, -0.05) is 41.9 Å². The zero-order chi connectivity index (χ0) is 17.6. The molecule has 1 aliphatic rings. The summed E-state index contributed by atoms with van der Waals surface area (Å²) >= 11 is 5.81. The molecule has 0 aliphatic carbocycles. The zero-order valence-electron chi connectivity index (χ0n) is 13.7. The maximum absolute atomic E-state index is 12.4. The largest absolute Gasteiger partial charge is 0.452 e. The first kappa shape index (κ1) is 17.2. The van der Waals surface area contributed by atoms with Gasteiger partial charge in [-0.2, -0.15) is 0 Å². The summed E-state index contributed by atoms with van der Waals surface area (Å²) in [5, 5.41) is 0.632. The van der Waals surface area contributed by atoms with E-state index in [9.17, 15) is 9.59 Å². The van der Waals surface area contributed by atoms with E-state index in [1.165, 1.54) is 6.08 Å². The molecular weight excluding hydrogens is 338 g/mol. The number of benzene rings is 2. The van der Waals surface area contributed by atoms with E-state index in [0.717, 1.165) is 29.7 Å². The molecule has 4 nitrogen and oxygen atoms in total. The van der Waals surface area contributed by atoms with Crippen LogP contribution in [0.15, 0.2) is 54.6 Å². The minimum atomic E-state index is -0.548. The number of carbonyl (C=O) groups excluding carboxylic acids is 2. The number of rotatable bonds is 4. The third-order valence-electron chi connectivity index (χ3n) is 4.03. The molecule has 0 bridgehead atoms. The predicted molar refractivity (Wildman–Crippen MR) is 98.6 cm³/mol. The van der Waals surface area contributed by atoms with Crippen LogP contribution in [0, 0.1) is 0 Å². The molecule has 25 heavy (non-hydrogen) atoms. The van der Waals surface area contributed by atoms with Gasteiger partial charge in [-0.25, -0.2) is 4.79 Å². The predicted octanol–water partition coefficient (Wildman–Crippen LogP) is 3.88. The molecule has 0 radical (unpaired) electrons. The Kier molecular flexibility index (Phi) is 5.51. The number of carbonyl (C=O) groups is 2. The third-order valence-corrected chi connectivity index (χ3v) is 4.28. The molecular formula is C20H18ClNO3. The Bertz CT molecular complexity index is 799. The second-order valence-corrected chi connectivity index (χ2v) is 6.21. The van der Waals surface area contributed by atoms with Crippen LogP contribution in [-0.2, 0) is 20.7 Å². The lowest BCUT2D eigenvalue weighted by molar-refractivity contribution is -0.142. The Morgan fingerprint density at radius 3 is 2.68 bits per heavy atom. The first-order valence-corrected chi connectivity index (χ1v) is 8.50. The highest BCUT2D eigenvalue weighted by Crippen LogP contribution is 2.26. The Hall–Kier alpha value is -2.59. The molecule has 0 spiro atoms. The van der Waals surface area contributed by atoms with Gasteiger partial charge in [0, 0.05) is 23.3 Å². The quantitative estimate of drug-likeness (QED) is 0.617. The van der Waals surface area contributed by atoms with Gasteiger partial charge in [0.2, 0.25) is 0 Å². The van der Waals surface area contributed by atoms with Crippen molar-refractivity contribution >= 4 is 35.2 Å². The number of nitrogens with zero attached hydrogens (tertiary/aromatic N) is 1. The summed E-state index contributed by atoms with van der Waals surface area (Å²) in [7, 11) is 0. The van der Waals surface area contributed by atoms with E-state index >= 15 is 0 Å². The first-order chi connectivity index (χ1) is 12.1. The number of para-hydroxylation sites is 1. The third kappa shape index (κ3) is 4.48. The van der Waals surface area contributed by atoms with Crippen molar-refractivity contribution in [3.63, 3.8) is 0 Å². The number of ether oxygens (including phenoxy) is 1. The summed E-state index contributed by atoms with van der Waals surface area (Å²) in [4.78, 5) is 25.9. The molecule has 0 unspecified atom stereocenters. The van der Waals surface area contributed by atoms with Gasteiger partial charge in [-0.3, -0.25) is 4.79 Å². The van der Waals surface area contributed by atoms with E-state index in [-0.39, 0.29) is 12.5 Å². The average Bonchev–Trinajstić information content (AvgIpc) is 2.65. The molecule has 1 amide bonds. The minimum absolute atomic E-state index is 0.208. The highest BCUT2D eigenvalue weighted by atomic mass is 35.5. The summed E-state index contributed by atoms with van der Waals surface area (Å²) in [5.41, 5.74) is 2.89.